The number of amides is 1. The van der Waals surface area contributed by atoms with Gasteiger partial charge in [-0.2, -0.15) is 0 Å². The van der Waals surface area contributed by atoms with Crippen LogP contribution in [0.4, 0.5) is 0 Å². The summed E-state index contributed by atoms with van der Waals surface area (Å²) >= 11 is 0. The minimum atomic E-state index is -0.127. The van der Waals surface area contributed by atoms with Crippen LogP contribution in [0.5, 0.6) is 0 Å². The number of hydrogen-bond donors (Lipinski definition) is 1. The van der Waals surface area contributed by atoms with Gasteiger partial charge in [-0.15, -0.1) is 0 Å². The molecule has 0 saturated carbocycles. The first kappa shape index (κ1) is 18.4. The number of benzene rings is 1. The van der Waals surface area contributed by atoms with Crippen LogP contribution in [-0.4, -0.2) is 43.7 Å². The van der Waals surface area contributed by atoms with Crippen molar-refractivity contribution >= 4 is 12.0 Å². The number of morpholine rings is 1. The average molecular weight is 354 g/mol. The zero-order valence-electron chi connectivity index (χ0n) is 15.4. The zero-order valence-corrected chi connectivity index (χ0v) is 15.4. The number of carbonyl (C=O) groups is 1. The van der Waals surface area contributed by atoms with Crippen LogP contribution in [0, 0.1) is 13.8 Å². The maximum Gasteiger partial charge on any atom is 0.244 e. The number of furan rings is 1. The monoisotopic (exact) mass is 354 g/mol. The Bertz CT molecular complexity index is 743. The lowest BCUT2D eigenvalue weighted by atomic mass is 10.0. The van der Waals surface area contributed by atoms with Crippen molar-refractivity contribution in [1.82, 2.24) is 10.2 Å². The van der Waals surface area contributed by atoms with Crippen molar-refractivity contribution in [2.75, 3.05) is 32.8 Å². The summed E-state index contributed by atoms with van der Waals surface area (Å²) in [6, 6.07) is 12.0. The summed E-state index contributed by atoms with van der Waals surface area (Å²) in [6.45, 7) is 7.98. The Morgan fingerprint density at radius 3 is 2.54 bits per heavy atom. The van der Waals surface area contributed by atoms with Crippen LogP contribution in [0.15, 0.2) is 46.9 Å². The van der Waals surface area contributed by atoms with Crippen molar-refractivity contribution in [2.24, 2.45) is 0 Å². The van der Waals surface area contributed by atoms with Crippen molar-refractivity contribution in [2.45, 2.75) is 19.9 Å². The molecule has 1 N–H and O–H groups in total. The Balaban J connectivity index is 1.68. The second kappa shape index (κ2) is 8.83. The van der Waals surface area contributed by atoms with E-state index in [9.17, 15) is 4.79 Å². The highest BCUT2D eigenvalue weighted by Gasteiger charge is 2.19. The Hall–Kier alpha value is -2.37. The predicted octanol–water partition coefficient (Wildman–Crippen LogP) is 3.10. The molecule has 0 aliphatic carbocycles. The number of ether oxygens (including phenoxy) is 1. The molecule has 1 aliphatic heterocycles. The predicted molar refractivity (Wildman–Crippen MR) is 102 cm³/mol. The fourth-order valence-electron chi connectivity index (χ4n) is 3.00. The molecule has 1 aromatic heterocycles. The molecule has 0 radical (unpaired) electrons. The third-order valence-electron chi connectivity index (χ3n) is 4.50. The molecule has 2 heterocycles. The van der Waals surface area contributed by atoms with Crippen molar-refractivity contribution in [1.29, 1.82) is 0 Å². The van der Waals surface area contributed by atoms with Gasteiger partial charge in [0, 0.05) is 25.7 Å². The summed E-state index contributed by atoms with van der Waals surface area (Å²) in [4.78, 5) is 14.8. The van der Waals surface area contributed by atoms with E-state index >= 15 is 0 Å². The Morgan fingerprint density at radius 1 is 1.15 bits per heavy atom. The van der Waals surface area contributed by atoms with E-state index in [4.69, 9.17) is 9.15 Å². The molecule has 1 saturated heterocycles. The van der Waals surface area contributed by atoms with Crippen LogP contribution < -0.4 is 5.32 Å². The van der Waals surface area contributed by atoms with E-state index in [1.807, 2.05) is 19.1 Å². The van der Waals surface area contributed by atoms with Gasteiger partial charge in [0.1, 0.15) is 11.5 Å². The summed E-state index contributed by atoms with van der Waals surface area (Å²) in [5, 5.41) is 3.13. The minimum absolute atomic E-state index is 0.0656. The van der Waals surface area contributed by atoms with E-state index in [-0.39, 0.29) is 11.9 Å². The third kappa shape index (κ3) is 5.31. The molecule has 0 bridgehead atoms. The van der Waals surface area contributed by atoms with E-state index < -0.39 is 0 Å². The van der Waals surface area contributed by atoms with Crippen LogP contribution in [0.1, 0.15) is 28.7 Å². The first-order valence-corrected chi connectivity index (χ1v) is 9.02. The maximum atomic E-state index is 12.4. The second-order valence-electron chi connectivity index (χ2n) is 6.67. The van der Waals surface area contributed by atoms with Gasteiger partial charge in [0.05, 0.1) is 19.3 Å². The summed E-state index contributed by atoms with van der Waals surface area (Å²) in [5.74, 6) is 1.38. The van der Waals surface area contributed by atoms with Crippen molar-refractivity contribution < 1.29 is 13.9 Å². The molecule has 138 valence electrons. The number of aryl methyl sites for hydroxylation is 2. The van der Waals surface area contributed by atoms with E-state index in [1.54, 1.807) is 6.08 Å². The van der Waals surface area contributed by atoms with Gasteiger partial charge in [-0.25, -0.2) is 0 Å². The summed E-state index contributed by atoms with van der Waals surface area (Å²) in [6.07, 6.45) is 3.22. The van der Waals surface area contributed by atoms with Gasteiger partial charge in [0.25, 0.3) is 0 Å². The van der Waals surface area contributed by atoms with Gasteiger partial charge in [-0.05, 0) is 37.6 Å². The van der Waals surface area contributed by atoms with Crippen molar-refractivity contribution in [3.63, 3.8) is 0 Å². The highest BCUT2D eigenvalue weighted by molar-refractivity contribution is 5.91. The van der Waals surface area contributed by atoms with Gasteiger partial charge in [0.15, 0.2) is 0 Å². The van der Waals surface area contributed by atoms with Crippen LogP contribution in [0.2, 0.25) is 0 Å². The average Bonchev–Trinajstić information content (AvgIpc) is 3.06. The molecule has 5 heteroatoms. The number of hydrogen-bond acceptors (Lipinski definition) is 4. The Kier molecular flexibility index (Phi) is 6.26. The molecule has 1 aromatic carbocycles. The lowest BCUT2D eigenvalue weighted by Gasteiger charge is -2.31. The molecule has 1 atom stereocenters. The molecule has 26 heavy (non-hydrogen) atoms. The summed E-state index contributed by atoms with van der Waals surface area (Å²) in [7, 11) is 0. The highest BCUT2D eigenvalue weighted by atomic mass is 16.5. The molecule has 0 spiro atoms. The molecule has 1 fully saturated rings. The normalized spacial score (nSPS) is 16.7. The first-order valence-electron chi connectivity index (χ1n) is 9.02. The van der Waals surface area contributed by atoms with E-state index in [0.29, 0.717) is 5.76 Å². The molecular weight excluding hydrogens is 328 g/mol. The lowest BCUT2D eigenvalue weighted by Crippen LogP contribution is -2.42. The minimum Gasteiger partial charge on any atom is -0.462 e. The summed E-state index contributed by atoms with van der Waals surface area (Å²) in [5.41, 5.74) is 2.32. The van der Waals surface area contributed by atoms with Crippen LogP contribution in [0.3, 0.4) is 0 Å². The lowest BCUT2D eigenvalue weighted by molar-refractivity contribution is -0.117. The smallest absolute Gasteiger partial charge is 0.244 e. The van der Waals surface area contributed by atoms with Crippen molar-refractivity contribution in [3.05, 3.63) is 65.1 Å². The molecule has 3 rings (SSSR count). The summed E-state index contributed by atoms with van der Waals surface area (Å²) < 4.78 is 10.9. The van der Waals surface area contributed by atoms with E-state index in [2.05, 4.69) is 41.4 Å². The van der Waals surface area contributed by atoms with Crippen LogP contribution in [0.25, 0.3) is 6.08 Å². The van der Waals surface area contributed by atoms with Crippen LogP contribution in [-0.2, 0) is 9.53 Å². The molecule has 1 amide bonds. The van der Waals surface area contributed by atoms with E-state index in [0.717, 1.165) is 44.2 Å². The second-order valence-corrected chi connectivity index (χ2v) is 6.67. The van der Waals surface area contributed by atoms with Crippen molar-refractivity contribution in [3.8, 4) is 0 Å². The maximum absolute atomic E-state index is 12.4. The molecular formula is C21H26N2O3. The van der Waals surface area contributed by atoms with Gasteiger partial charge < -0.3 is 14.5 Å². The standard InChI is InChI=1S/C21H26N2O3/c1-16-3-6-18(7-4-16)20(15-23-11-13-25-14-12-23)22-21(24)10-9-19-8-5-17(2)26-19/h3-10,20H,11-15H2,1-2H3,(H,22,24). The fourth-order valence-corrected chi connectivity index (χ4v) is 3.00. The number of nitrogens with zero attached hydrogens (tertiary/aromatic N) is 1. The van der Waals surface area contributed by atoms with Gasteiger partial charge in [-0.3, -0.25) is 9.69 Å². The highest BCUT2D eigenvalue weighted by Crippen LogP contribution is 2.17. The van der Waals surface area contributed by atoms with Gasteiger partial charge >= 0.3 is 0 Å². The molecule has 1 unspecified atom stereocenters. The van der Waals surface area contributed by atoms with E-state index in [1.165, 1.54) is 11.6 Å². The number of nitrogens with one attached hydrogen (secondary N) is 1. The zero-order chi connectivity index (χ0) is 18.4. The third-order valence-corrected chi connectivity index (χ3v) is 4.50. The largest absolute Gasteiger partial charge is 0.462 e. The topological polar surface area (TPSA) is 54.7 Å². The fraction of sp³-hybridized carbons (Fsp3) is 0.381. The number of carbonyl (C=O) groups excluding carboxylic acids is 1. The Morgan fingerprint density at radius 2 is 1.88 bits per heavy atom. The Labute approximate surface area is 154 Å². The molecule has 5 nitrogen and oxygen atoms in total. The SMILES string of the molecule is Cc1ccc(C(CN2CCOCC2)NC(=O)C=Cc2ccc(C)o2)cc1. The quantitative estimate of drug-likeness (QED) is 0.810. The molecule has 2 aromatic rings. The van der Waals surface area contributed by atoms with Gasteiger partial charge in [-0.1, -0.05) is 29.8 Å². The molecule has 1 aliphatic rings. The van der Waals surface area contributed by atoms with Gasteiger partial charge in [0.2, 0.25) is 5.91 Å². The first-order chi connectivity index (χ1) is 12.6. The number of rotatable bonds is 6. The van der Waals surface area contributed by atoms with Crippen LogP contribution >= 0.6 is 0 Å².